The van der Waals surface area contributed by atoms with Crippen LogP contribution < -0.4 is 0 Å². The molecule has 7 heteroatoms. The highest BCUT2D eigenvalue weighted by molar-refractivity contribution is 6.06. The van der Waals surface area contributed by atoms with Gasteiger partial charge < -0.3 is 4.90 Å². The van der Waals surface area contributed by atoms with E-state index < -0.39 is 5.54 Å². The van der Waals surface area contributed by atoms with Crippen molar-refractivity contribution in [1.82, 2.24) is 19.8 Å². The summed E-state index contributed by atoms with van der Waals surface area (Å²) >= 11 is 0. The van der Waals surface area contributed by atoms with Crippen LogP contribution in [-0.2, 0) is 10.3 Å². The quantitative estimate of drug-likeness (QED) is 0.368. The van der Waals surface area contributed by atoms with Crippen molar-refractivity contribution in [1.29, 1.82) is 5.26 Å². The highest BCUT2D eigenvalue weighted by Crippen LogP contribution is 2.46. The van der Waals surface area contributed by atoms with Crippen LogP contribution in [0.2, 0.25) is 0 Å². The number of hydrogen-bond donors (Lipinski definition) is 0. The van der Waals surface area contributed by atoms with Gasteiger partial charge in [-0.1, -0.05) is 19.3 Å². The van der Waals surface area contributed by atoms with E-state index in [0.717, 1.165) is 36.8 Å². The van der Waals surface area contributed by atoms with Gasteiger partial charge in [-0.15, -0.1) is 0 Å². The summed E-state index contributed by atoms with van der Waals surface area (Å²) in [4.78, 5) is 40.1. The van der Waals surface area contributed by atoms with E-state index in [9.17, 15) is 9.59 Å². The van der Waals surface area contributed by atoms with Gasteiger partial charge in [0.1, 0.15) is 5.82 Å². The van der Waals surface area contributed by atoms with Crippen molar-refractivity contribution < 1.29 is 9.59 Å². The summed E-state index contributed by atoms with van der Waals surface area (Å²) in [6.07, 6.45) is 14.0. The van der Waals surface area contributed by atoms with E-state index in [1.165, 1.54) is 6.42 Å². The molecule has 0 bridgehead atoms. The maximum atomic E-state index is 14.6. The Morgan fingerprint density at radius 2 is 1.54 bits per heavy atom. The summed E-state index contributed by atoms with van der Waals surface area (Å²) in [7, 11) is 1.87. The van der Waals surface area contributed by atoms with Crippen LogP contribution >= 0.6 is 0 Å². The van der Waals surface area contributed by atoms with Crippen molar-refractivity contribution in [2.75, 3.05) is 13.6 Å². The van der Waals surface area contributed by atoms with E-state index in [1.54, 1.807) is 60.0 Å². The second-order valence-electron chi connectivity index (χ2n) is 9.72. The second-order valence-corrected chi connectivity index (χ2v) is 9.72. The molecule has 2 aromatic heterocycles. The molecule has 1 aromatic carbocycles. The van der Waals surface area contributed by atoms with Crippen LogP contribution in [0, 0.1) is 17.2 Å². The molecule has 0 N–H and O–H groups in total. The minimum Gasteiger partial charge on any atom is -0.339 e. The molecule has 0 radical (unpaired) electrons. The Labute approximate surface area is 217 Å². The van der Waals surface area contributed by atoms with E-state index in [0.29, 0.717) is 29.4 Å². The van der Waals surface area contributed by atoms with Crippen molar-refractivity contribution >= 4 is 11.7 Å². The van der Waals surface area contributed by atoms with Crippen molar-refractivity contribution in [3.8, 4) is 6.07 Å². The molecule has 7 nitrogen and oxygen atoms in total. The third-order valence-electron chi connectivity index (χ3n) is 7.60. The average molecular weight is 492 g/mol. The molecule has 1 aliphatic carbocycles. The first-order valence-corrected chi connectivity index (χ1v) is 12.7. The molecule has 5 rings (SSSR count). The number of pyridine rings is 2. The second kappa shape index (κ2) is 10.4. The largest absolute Gasteiger partial charge is 0.339 e. The Kier molecular flexibility index (Phi) is 6.82. The van der Waals surface area contributed by atoms with Crippen molar-refractivity contribution in [2.24, 2.45) is 5.92 Å². The first-order valence-electron chi connectivity index (χ1n) is 12.7. The highest BCUT2D eigenvalue weighted by atomic mass is 16.2. The summed E-state index contributed by atoms with van der Waals surface area (Å²) in [5.74, 6) is 0.647. The molecule has 1 aliphatic heterocycles. The number of benzene rings is 1. The molecule has 186 valence electrons. The van der Waals surface area contributed by atoms with Gasteiger partial charge in [0.15, 0.2) is 11.3 Å². The third-order valence-corrected chi connectivity index (χ3v) is 7.60. The normalized spacial score (nSPS) is 18.7. The Morgan fingerprint density at radius 3 is 2.08 bits per heavy atom. The van der Waals surface area contributed by atoms with Gasteiger partial charge in [-0.3, -0.25) is 24.5 Å². The van der Waals surface area contributed by atoms with Crippen LogP contribution in [0.1, 0.15) is 59.2 Å². The molecule has 1 saturated carbocycles. The molecule has 1 amide bonds. The van der Waals surface area contributed by atoms with Gasteiger partial charge in [0, 0.05) is 50.0 Å². The number of nitrogens with zero attached hydrogens (tertiary/aromatic N) is 5. The fourth-order valence-electron chi connectivity index (χ4n) is 5.67. The zero-order chi connectivity index (χ0) is 25.8. The molecule has 2 aliphatic rings. The van der Waals surface area contributed by atoms with Gasteiger partial charge in [0.05, 0.1) is 11.6 Å². The maximum Gasteiger partial charge on any atom is 0.263 e. The molecule has 0 spiro atoms. The van der Waals surface area contributed by atoms with Crippen LogP contribution in [0.25, 0.3) is 0 Å². The number of allylic oxidation sites excluding steroid dienone is 1. The van der Waals surface area contributed by atoms with Crippen LogP contribution in [0.15, 0.2) is 85.2 Å². The van der Waals surface area contributed by atoms with Crippen molar-refractivity contribution in [3.05, 3.63) is 107 Å². The Hall–Kier alpha value is -4.31. The summed E-state index contributed by atoms with van der Waals surface area (Å²) in [5, 5.41) is 9.12. The van der Waals surface area contributed by atoms with Gasteiger partial charge in [0.25, 0.3) is 5.91 Å². The van der Waals surface area contributed by atoms with E-state index in [1.807, 2.05) is 36.2 Å². The molecule has 37 heavy (non-hydrogen) atoms. The zero-order valence-corrected chi connectivity index (χ0v) is 20.9. The molecule has 0 unspecified atom stereocenters. The Morgan fingerprint density at radius 1 is 0.973 bits per heavy atom. The number of likely N-dealkylation sites (N-methyl/N-ethyl adjacent to an activating group) is 1. The maximum absolute atomic E-state index is 14.6. The number of hydrogen-bond acceptors (Lipinski definition) is 6. The Balaban J connectivity index is 1.64. The molecular weight excluding hydrogens is 462 g/mol. The number of rotatable bonds is 6. The summed E-state index contributed by atoms with van der Waals surface area (Å²) in [5.41, 5.74) is 1.37. The van der Waals surface area contributed by atoms with Crippen molar-refractivity contribution in [2.45, 2.75) is 37.6 Å². The molecule has 2 fully saturated rings. The molecule has 3 heterocycles. The summed E-state index contributed by atoms with van der Waals surface area (Å²) in [6, 6.07) is 16.1. The van der Waals surface area contributed by atoms with E-state index in [4.69, 9.17) is 5.26 Å². The van der Waals surface area contributed by atoms with E-state index in [2.05, 4.69) is 16.0 Å². The van der Waals surface area contributed by atoms with Crippen LogP contribution in [0.4, 0.5) is 0 Å². The first-order chi connectivity index (χ1) is 18.1. The third kappa shape index (κ3) is 4.40. The zero-order valence-electron chi connectivity index (χ0n) is 20.9. The molecule has 3 aromatic rings. The topological polar surface area (TPSA) is 90.2 Å². The lowest BCUT2D eigenvalue weighted by Crippen LogP contribution is -2.46. The number of carbonyl (C=O) groups excluding carboxylic acids is 2. The lowest BCUT2D eigenvalue weighted by Gasteiger charge is -2.35. The summed E-state index contributed by atoms with van der Waals surface area (Å²) in [6.45, 7) is 0.563. The SMILES string of the molecule is CN1C(=CC(=O)c2ccc(C#N)cc2)N(CC2CCCCC2)C(=O)C1(c1ccncc1)c1ccncc1. The number of amides is 1. The number of carbonyl (C=O) groups is 2. The van der Waals surface area contributed by atoms with Gasteiger partial charge in [-0.05, 0) is 78.4 Å². The predicted molar refractivity (Wildman–Crippen MR) is 139 cm³/mol. The van der Waals surface area contributed by atoms with Gasteiger partial charge in [-0.25, -0.2) is 0 Å². The van der Waals surface area contributed by atoms with E-state index >= 15 is 0 Å². The lowest BCUT2D eigenvalue weighted by molar-refractivity contribution is -0.132. The number of nitriles is 1. The molecular formula is C30H29N5O2. The Bertz CT molecular complexity index is 1300. The average Bonchev–Trinajstić information content (AvgIpc) is 3.16. The van der Waals surface area contributed by atoms with E-state index in [-0.39, 0.29) is 11.7 Å². The number of aromatic nitrogens is 2. The highest BCUT2D eigenvalue weighted by Gasteiger charge is 2.56. The van der Waals surface area contributed by atoms with Crippen LogP contribution in [-0.4, -0.2) is 45.1 Å². The molecule has 1 saturated heterocycles. The number of ketones is 1. The monoisotopic (exact) mass is 491 g/mol. The van der Waals surface area contributed by atoms with Gasteiger partial charge >= 0.3 is 0 Å². The predicted octanol–water partition coefficient (Wildman–Crippen LogP) is 4.67. The summed E-state index contributed by atoms with van der Waals surface area (Å²) < 4.78 is 0. The van der Waals surface area contributed by atoms with Crippen LogP contribution in [0.5, 0.6) is 0 Å². The van der Waals surface area contributed by atoms with Crippen LogP contribution in [0.3, 0.4) is 0 Å². The fourth-order valence-corrected chi connectivity index (χ4v) is 5.67. The van der Waals surface area contributed by atoms with Crippen molar-refractivity contribution in [3.63, 3.8) is 0 Å². The minimum atomic E-state index is -1.16. The van der Waals surface area contributed by atoms with Gasteiger partial charge in [-0.2, -0.15) is 5.26 Å². The standard InChI is InChI=1S/C30H29N5O2/c1-34-28(19-27(36)24-9-7-22(20-31)8-10-24)35(21-23-5-3-2-4-6-23)29(37)30(34,25-11-15-32-16-12-25)26-13-17-33-18-14-26/h7-19,23H,2-6,21H2,1H3. The minimum absolute atomic E-state index is 0.0862. The smallest absolute Gasteiger partial charge is 0.263 e. The lowest BCUT2D eigenvalue weighted by atomic mass is 9.82. The fraction of sp³-hybridized carbons (Fsp3) is 0.300. The molecule has 0 atom stereocenters. The first kappa shape index (κ1) is 24.4. The van der Waals surface area contributed by atoms with Gasteiger partial charge in [0.2, 0.25) is 0 Å².